The van der Waals surface area contributed by atoms with Crippen LogP contribution in [0.4, 0.5) is 0 Å². The van der Waals surface area contributed by atoms with Gasteiger partial charge in [-0.3, -0.25) is 14.6 Å². The number of hydroxylamine groups is 2. The zero-order valence-electron chi connectivity index (χ0n) is 16.5. The molecule has 1 aromatic carbocycles. The molecule has 0 unspecified atom stereocenters. The minimum absolute atomic E-state index is 0.0339. The summed E-state index contributed by atoms with van der Waals surface area (Å²) >= 11 is 0. The van der Waals surface area contributed by atoms with Crippen LogP contribution in [0.3, 0.4) is 0 Å². The van der Waals surface area contributed by atoms with Crippen molar-refractivity contribution in [2.75, 3.05) is 19.8 Å². The van der Waals surface area contributed by atoms with E-state index < -0.39 is 5.41 Å². The number of hydrogen-bond acceptors (Lipinski definition) is 6. The molecule has 3 rings (SSSR count). The van der Waals surface area contributed by atoms with Crippen molar-refractivity contribution in [2.24, 2.45) is 11.3 Å². The predicted octanol–water partition coefficient (Wildman–Crippen LogP) is 3.14. The first-order valence-corrected chi connectivity index (χ1v) is 9.60. The van der Waals surface area contributed by atoms with Crippen LogP contribution in [-0.4, -0.2) is 40.9 Å². The Morgan fingerprint density at radius 1 is 1.21 bits per heavy atom. The van der Waals surface area contributed by atoms with Gasteiger partial charge in [-0.05, 0) is 24.1 Å². The summed E-state index contributed by atoms with van der Waals surface area (Å²) in [6.07, 6.45) is 2.34. The molecule has 150 valence electrons. The molecular weight excluding hydrogens is 356 g/mol. The van der Waals surface area contributed by atoms with E-state index in [1.54, 1.807) is 6.20 Å². The van der Waals surface area contributed by atoms with Gasteiger partial charge >= 0.3 is 5.97 Å². The van der Waals surface area contributed by atoms with Gasteiger partial charge in [0.1, 0.15) is 0 Å². The minimum Gasteiger partial charge on any atom is -0.465 e. The van der Waals surface area contributed by atoms with Gasteiger partial charge in [-0.2, -0.15) is 5.06 Å². The van der Waals surface area contributed by atoms with Crippen molar-refractivity contribution in [1.29, 1.82) is 0 Å². The number of aromatic nitrogens is 1. The van der Waals surface area contributed by atoms with Crippen LogP contribution >= 0.6 is 0 Å². The van der Waals surface area contributed by atoms with E-state index in [1.807, 2.05) is 67.4 Å². The third kappa shape index (κ3) is 5.38. The number of hydrogen-bond donors (Lipinski definition) is 1. The van der Waals surface area contributed by atoms with E-state index in [-0.39, 0.29) is 31.1 Å². The normalized spacial score (nSPS) is 20.2. The molecule has 2 heterocycles. The zero-order valence-corrected chi connectivity index (χ0v) is 16.5. The van der Waals surface area contributed by atoms with Crippen LogP contribution in [0.2, 0.25) is 0 Å². The Bertz CT molecular complexity index is 752. The van der Waals surface area contributed by atoms with Gasteiger partial charge in [0.05, 0.1) is 37.5 Å². The molecule has 0 radical (unpaired) electrons. The first kappa shape index (κ1) is 20.5. The number of aliphatic hydroxyl groups excluding tert-OH is 1. The Labute approximate surface area is 166 Å². The monoisotopic (exact) mass is 384 g/mol. The summed E-state index contributed by atoms with van der Waals surface area (Å²) in [5, 5.41) is 11.2. The quantitative estimate of drug-likeness (QED) is 0.705. The summed E-state index contributed by atoms with van der Waals surface area (Å²) < 4.78 is 5.48. The van der Waals surface area contributed by atoms with Gasteiger partial charge in [0.25, 0.3) is 0 Å². The molecule has 1 aliphatic rings. The highest BCUT2D eigenvalue weighted by molar-refractivity contribution is 5.73. The lowest BCUT2D eigenvalue weighted by Gasteiger charge is -2.23. The molecule has 1 fully saturated rings. The van der Waals surface area contributed by atoms with Crippen LogP contribution in [0, 0.1) is 11.3 Å². The van der Waals surface area contributed by atoms with Crippen LogP contribution in [0.5, 0.6) is 0 Å². The van der Waals surface area contributed by atoms with E-state index >= 15 is 0 Å². The third-order valence-corrected chi connectivity index (χ3v) is 4.89. The van der Waals surface area contributed by atoms with E-state index in [0.717, 1.165) is 11.3 Å². The number of nitrogens with zero attached hydrogens (tertiary/aromatic N) is 2. The Balaban J connectivity index is 1.67. The fourth-order valence-electron chi connectivity index (χ4n) is 3.12. The second kappa shape index (κ2) is 9.28. The molecule has 0 saturated carbocycles. The first-order valence-electron chi connectivity index (χ1n) is 9.60. The Morgan fingerprint density at radius 2 is 1.96 bits per heavy atom. The maximum atomic E-state index is 12.6. The van der Waals surface area contributed by atoms with Crippen LogP contribution in [0.1, 0.15) is 37.6 Å². The van der Waals surface area contributed by atoms with Crippen LogP contribution < -0.4 is 0 Å². The second-order valence-corrected chi connectivity index (χ2v) is 7.99. The number of esters is 1. The van der Waals surface area contributed by atoms with Gasteiger partial charge in [-0.25, -0.2) is 0 Å². The lowest BCUT2D eigenvalue weighted by molar-refractivity contribution is -0.185. The fraction of sp³-hybridized carbons (Fsp3) is 0.455. The maximum absolute atomic E-state index is 12.6. The molecule has 0 aliphatic carbocycles. The van der Waals surface area contributed by atoms with Crippen molar-refractivity contribution in [3.05, 3.63) is 66.0 Å². The molecular formula is C22H28N2O4. The van der Waals surface area contributed by atoms with E-state index in [0.29, 0.717) is 19.6 Å². The lowest BCUT2D eigenvalue weighted by atomic mass is 9.96. The standard InChI is InChI=1S/C22H28N2O4/c1-22(2,15-25)16-27-21(26)18-12-20(19-10-6-7-11-23-19)24(13-18)28-14-17-8-4-3-5-9-17/h3-11,18,20,25H,12-16H2,1-2H3/t18-,20-/m0/s1. The van der Waals surface area contributed by atoms with E-state index in [1.165, 1.54) is 0 Å². The molecule has 1 saturated heterocycles. The van der Waals surface area contributed by atoms with E-state index in [2.05, 4.69) is 4.98 Å². The van der Waals surface area contributed by atoms with Gasteiger partial charge in [-0.15, -0.1) is 0 Å². The van der Waals surface area contributed by atoms with Crippen molar-refractivity contribution in [3.63, 3.8) is 0 Å². The van der Waals surface area contributed by atoms with Crippen molar-refractivity contribution < 1.29 is 19.5 Å². The number of rotatable bonds is 8. The van der Waals surface area contributed by atoms with Gasteiger partial charge < -0.3 is 9.84 Å². The Morgan fingerprint density at radius 3 is 2.64 bits per heavy atom. The minimum atomic E-state index is -0.446. The summed E-state index contributed by atoms with van der Waals surface area (Å²) in [5.74, 6) is -0.550. The zero-order chi connectivity index (χ0) is 20.0. The summed E-state index contributed by atoms with van der Waals surface area (Å²) in [4.78, 5) is 23.1. The molecule has 1 aromatic heterocycles. The van der Waals surface area contributed by atoms with Crippen LogP contribution in [0.25, 0.3) is 0 Å². The van der Waals surface area contributed by atoms with E-state index in [9.17, 15) is 9.90 Å². The second-order valence-electron chi connectivity index (χ2n) is 7.99. The molecule has 1 N–H and O–H groups in total. The summed E-state index contributed by atoms with van der Waals surface area (Å²) in [5.41, 5.74) is 1.50. The number of benzene rings is 1. The smallest absolute Gasteiger partial charge is 0.310 e. The van der Waals surface area contributed by atoms with E-state index in [4.69, 9.17) is 9.57 Å². The van der Waals surface area contributed by atoms with Crippen molar-refractivity contribution in [1.82, 2.24) is 10.0 Å². The van der Waals surface area contributed by atoms with Crippen molar-refractivity contribution in [2.45, 2.75) is 32.9 Å². The van der Waals surface area contributed by atoms with Gasteiger partial charge in [0.15, 0.2) is 0 Å². The molecule has 0 amide bonds. The van der Waals surface area contributed by atoms with Crippen LogP contribution in [0.15, 0.2) is 54.7 Å². The number of aliphatic hydroxyl groups is 1. The predicted molar refractivity (Wildman–Crippen MR) is 105 cm³/mol. The summed E-state index contributed by atoms with van der Waals surface area (Å²) in [6.45, 7) is 4.77. The maximum Gasteiger partial charge on any atom is 0.310 e. The average Bonchev–Trinajstić information content (AvgIpc) is 3.16. The van der Waals surface area contributed by atoms with Crippen molar-refractivity contribution >= 4 is 5.97 Å². The van der Waals surface area contributed by atoms with Gasteiger partial charge in [0, 0.05) is 18.2 Å². The fourth-order valence-corrected chi connectivity index (χ4v) is 3.12. The lowest BCUT2D eigenvalue weighted by Crippen LogP contribution is -2.30. The molecule has 0 bridgehead atoms. The topological polar surface area (TPSA) is 71.9 Å². The molecule has 1 aliphatic heterocycles. The molecule has 6 nitrogen and oxygen atoms in total. The van der Waals surface area contributed by atoms with Crippen LogP contribution in [-0.2, 0) is 21.0 Å². The first-order chi connectivity index (χ1) is 13.5. The molecule has 28 heavy (non-hydrogen) atoms. The Kier molecular flexibility index (Phi) is 6.78. The highest BCUT2D eigenvalue weighted by Gasteiger charge is 2.40. The van der Waals surface area contributed by atoms with Crippen molar-refractivity contribution in [3.8, 4) is 0 Å². The third-order valence-electron chi connectivity index (χ3n) is 4.89. The molecule has 2 aromatic rings. The Hall–Kier alpha value is -2.28. The molecule has 2 atom stereocenters. The summed E-state index contributed by atoms with van der Waals surface area (Å²) in [6, 6.07) is 15.6. The largest absolute Gasteiger partial charge is 0.465 e. The SMILES string of the molecule is CC(C)(CO)COC(=O)[C@H]1C[C@@H](c2ccccn2)N(OCc2ccccc2)C1. The molecule has 0 spiro atoms. The highest BCUT2D eigenvalue weighted by atomic mass is 16.7. The number of pyridine rings is 1. The highest BCUT2D eigenvalue weighted by Crippen LogP contribution is 2.36. The number of carbonyl (C=O) groups excluding carboxylic acids is 1. The number of ether oxygens (including phenoxy) is 1. The molecule has 6 heteroatoms. The van der Waals surface area contributed by atoms with Gasteiger partial charge in [-0.1, -0.05) is 50.2 Å². The summed E-state index contributed by atoms with van der Waals surface area (Å²) in [7, 11) is 0. The number of carbonyl (C=O) groups is 1. The van der Waals surface area contributed by atoms with Gasteiger partial charge in [0.2, 0.25) is 0 Å². The average molecular weight is 384 g/mol.